The molecule has 0 atom stereocenters. The van der Waals surface area contributed by atoms with Crippen LogP contribution in [0.25, 0.3) is 21.8 Å². The van der Waals surface area contributed by atoms with Gasteiger partial charge in [0.15, 0.2) is 11.5 Å². The van der Waals surface area contributed by atoms with Crippen LogP contribution in [-0.2, 0) is 13.0 Å². The largest absolute Gasteiger partial charge is 0.493 e. The van der Waals surface area contributed by atoms with Crippen molar-refractivity contribution in [3.05, 3.63) is 64.3 Å². The molecular formula is C23H24N4O4. The van der Waals surface area contributed by atoms with Crippen molar-refractivity contribution in [1.82, 2.24) is 19.9 Å². The number of ether oxygens (including phenoxy) is 2. The van der Waals surface area contributed by atoms with Gasteiger partial charge in [0.05, 0.1) is 25.1 Å². The van der Waals surface area contributed by atoms with Gasteiger partial charge in [-0.1, -0.05) is 13.0 Å². The molecule has 0 spiro atoms. The number of hydrogen-bond donors (Lipinski definition) is 2. The summed E-state index contributed by atoms with van der Waals surface area (Å²) >= 11 is 0. The first-order valence-corrected chi connectivity index (χ1v) is 10.1. The highest BCUT2D eigenvalue weighted by Crippen LogP contribution is 2.30. The Hall–Kier alpha value is -3.81. The van der Waals surface area contributed by atoms with Crippen LogP contribution >= 0.6 is 0 Å². The molecule has 31 heavy (non-hydrogen) atoms. The summed E-state index contributed by atoms with van der Waals surface area (Å²) in [5.41, 5.74) is 1.87. The van der Waals surface area contributed by atoms with Gasteiger partial charge >= 0.3 is 0 Å². The average Bonchev–Trinajstić information content (AvgIpc) is 3.28. The number of methoxy groups -OCH3 is 2. The van der Waals surface area contributed by atoms with Crippen molar-refractivity contribution >= 4 is 27.7 Å². The molecule has 0 fully saturated rings. The number of hydrogen-bond acceptors (Lipinski definition) is 5. The molecule has 0 aliphatic heterocycles. The Bertz CT molecular complexity index is 1320. The highest BCUT2D eigenvalue weighted by molar-refractivity contribution is 6.06. The molecule has 0 aliphatic carbocycles. The van der Waals surface area contributed by atoms with E-state index in [4.69, 9.17) is 9.47 Å². The maximum absolute atomic E-state index is 13.2. The first-order chi connectivity index (χ1) is 15.1. The topological polar surface area (TPSA) is 98.2 Å². The van der Waals surface area contributed by atoms with Crippen LogP contribution in [0.5, 0.6) is 11.5 Å². The Balaban J connectivity index is 1.60. The molecule has 160 valence electrons. The number of aromatic amines is 1. The van der Waals surface area contributed by atoms with Crippen LogP contribution in [0.2, 0.25) is 0 Å². The number of amides is 1. The van der Waals surface area contributed by atoms with Crippen LogP contribution in [-0.4, -0.2) is 41.2 Å². The summed E-state index contributed by atoms with van der Waals surface area (Å²) in [5, 5.41) is 4.22. The number of nitrogens with one attached hydrogen (secondary N) is 2. The predicted octanol–water partition coefficient (Wildman–Crippen LogP) is 2.89. The maximum Gasteiger partial charge on any atom is 0.261 e. The van der Waals surface area contributed by atoms with Gasteiger partial charge in [-0.05, 0) is 24.3 Å². The van der Waals surface area contributed by atoms with Gasteiger partial charge in [0.1, 0.15) is 5.82 Å². The second-order valence-electron chi connectivity index (χ2n) is 7.06. The second kappa shape index (κ2) is 8.51. The number of benzene rings is 2. The van der Waals surface area contributed by atoms with Gasteiger partial charge in [-0.2, -0.15) is 0 Å². The van der Waals surface area contributed by atoms with Crippen molar-refractivity contribution < 1.29 is 14.3 Å². The lowest BCUT2D eigenvalue weighted by Gasteiger charge is -2.15. The molecule has 2 heterocycles. The van der Waals surface area contributed by atoms with Crippen LogP contribution < -0.4 is 20.3 Å². The first-order valence-electron chi connectivity index (χ1n) is 10.1. The van der Waals surface area contributed by atoms with Crippen molar-refractivity contribution in [3.63, 3.8) is 0 Å². The summed E-state index contributed by atoms with van der Waals surface area (Å²) in [7, 11) is 3.07. The van der Waals surface area contributed by atoms with Gasteiger partial charge in [-0.25, -0.2) is 4.98 Å². The Kier molecular flexibility index (Phi) is 5.62. The average molecular weight is 420 g/mol. The molecule has 1 amide bonds. The minimum Gasteiger partial charge on any atom is -0.493 e. The first kappa shape index (κ1) is 20.5. The molecule has 0 radical (unpaired) electrons. The van der Waals surface area contributed by atoms with Crippen LogP contribution in [0.3, 0.4) is 0 Å². The number of H-pyrrole nitrogens is 1. The monoisotopic (exact) mass is 420 g/mol. The molecule has 0 saturated carbocycles. The number of rotatable bonds is 7. The highest BCUT2D eigenvalue weighted by atomic mass is 16.5. The minimum atomic E-state index is -0.184. The molecule has 0 bridgehead atoms. The SMILES string of the molecule is CCc1nc2cc(OC)c(OC)cc2c(=O)n1CCNC(=O)c1cccc2[nH]ccc12. The predicted molar refractivity (Wildman–Crippen MR) is 119 cm³/mol. The summed E-state index contributed by atoms with van der Waals surface area (Å²) in [5.74, 6) is 1.45. The van der Waals surface area contributed by atoms with Crippen LogP contribution in [0.4, 0.5) is 0 Å². The summed E-state index contributed by atoms with van der Waals surface area (Å²) in [6.07, 6.45) is 2.38. The zero-order valence-corrected chi connectivity index (χ0v) is 17.7. The van der Waals surface area contributed by atoms with E-state index in [0.717, 1.165) is 10.9 Å². The van der Waals surface area contributed by atoms with E-state index >= 15 is 0 Å². The Morgan fingerprint density at radius 1 is 1.13 bits per heavy atom. The lowest BCUT2D eigenvalue weighted by Crippen LogP contribution is -2.33. The van der Waals surface area contributed by atoms with Crippen molar-refractivity contribution in [1.29, 1.82) is 0 Å². The van der Waals surface area contributed by atoms with Crippen molar-refractivity contribution in [2.45, 2.75) is 19.9 Å². The molecule has 0 aliphatic rings. The van der Waals surface area contributed by atoms with Crippen LogP contribution in [0.15, 0.2) is 47.4 Å². The zero-order chi connectivity index (χ0) is 22.0. The quantitative estimate of drug-likeness (QED) is 0.479. The van der Waals surface area contributed by atoms with Crippen LogP contribution in [0.1, 0.15) is 23.1 Å². The van der Waals surface area contributed by atoms with Gasteiger partial charge in [0.25, 0.3) is 11.5 Å². The van der Waals surface area contributed by atoms with E-state index in [9.17, 15) is 9.59 Å². The lowest BCUT2D eigenvalue weighted by atomic mass is 10.1. The van der Waals surface area contributed by atoms with E-state index < -0.39 is 0 Å². The van der Waals surface area contributed by atoms with Crippen molar-refractivity contribution in [2.24, 2.45) is 0 Å². The summed E-state index contributed by atoms with van der Waals surface area (Å²) < 4.78 is 12.3. The molecule has 0 saturated heterocycles. The molecule has 8 nitrogen and oxygen atoms in total. The molecule has 4 rings (SSSR count). The molecule has 2 aromatic heterocycles. The third kappa shape index (κ3) is 3.72. The molecule has 2 aromatic carbocycles. The highest BCUT2D eigenvalue weighted by Gasteiger charge is 2.15. The maximum atomic E-state index is 13.2. The molecule has 4 aromatic rings. The summed E-state index contributed by atoms with van der Waals surface area (Å²) in [6.45, 7) is 2.55. The number of nitrogens with zero attached hydrogens (tertiary/aromatic N) is 2. The van der Waals surface area contributed by atoms with E-state index in [1.54, 1.807) is 36.1 Å². The van der Waals surface area contributed by atoms with Gasteiger partial charge in [0, 0.05) is 48.2 Å². The number of aryl methyl sites for hydroxylation is 1. The Labute approximate surface area is 178 Å². The van der Waals surface area contributed by atoms with Crippen molar-refractivity contribution in [2.75, 3.05) is 20.8 Å². The second-order valence-corrected chi connectivity index (χ2v) is 7.06. The number of carbonyl (C=O) groups excluding carboxylic acids is 1. The number of fused-ring (bicyclic) bond motifs is 2. The van der Waals surface area contributed by atoms with E-state index in [2.05, 4.69) is 15.3 Å². The molecule has 2 N–H and O–H groups in total. The number of carbonyl (C=O) groups is 1. The third-order valence-corrected chi connectivity index (χ3v) is 5.32. The van der Waals surface area contributed by atoms with Crippen molar-refractivity contribution in [3.8, 4) is 11.5 Å². The normalized spacial score (nSPS) is 11.1. The van der Waals surface area contributed by atoms with Gasteiger partial charge < -0.3 is 19.8 Å². The fraction of sp³-hybridized carbons (Fsp3) is 0.261. The van der Waals surface area contributed by atoms with E-state index in [-0.39, 0.29) is 11.5 Å². The van der Waals surface area contributed by atoms with Gasteiger partial charge in [0.2, 0.25) is 0 Å². The third-order valence-electron chi connectivity index (χ3n) is 5.32. The fourth-order valence-corrected chi connectivity index (χ4v) is 3.75. The summed E-state index contributed by atoms with van der Waals surface area (Å²) in [4.78, 5) is 33.6. The molecule has 0 unspecified atom stereocenters. The van der Waals surface area contributed by atoms with E-state index in [1.807, 2.05) is 25.1 Å². The Morgan fingerprint density at radius 3 is 2.65 bits per heavy atom. The minimum absolute atomic E-state index is 0.176. The smallest absolute Gasteiger partial charge is 0.261 e. The molecule has 8 heteroatoms. The summed E-state index contributed by atoms with van der Waals surface area (Å²) in [6, 6.07) is 10.8. The van der Waals surface area contributed by atoms with Crippen LogP contribution in [0, 0.1) is 0 Å². The molecular weight excluding hydrogens is 396 g/mol. The number of aromatic nitrogens is 3. The van der Waals surface area contributed by atoms with Gasteiger partial charge in [-0.15, -0.1) is 0 Å². The van der Waals surface area contributed by atoms with E-state index in [1.165, 1.54) is 7.11 Å². The zero-order valence-electron chi connectivity index (χ0n) is 17.7. The fourth-order valence-electron chi connectivity index (χ4n) is 3.75. The standard InChI is InChI=1S/C23H24N4O4/c1-4-21-26-18-13-20(31-3)19(30-2)12-16(18)23(29)27(21)11-10-25-22(28)15-6-5-7-17-14(15)8-9-24-17/h5-9,12-13,24H,4,10-11H2,1-3H3,(H,25,28). The Morgan fingerprint density at radius 2 is 1.90 bits per heavy atom. The van der Waals surface area contributed by atoms with Gasteiger partial charge in [-0.3, -0.25) is 14.2 Å². The lowest BCUT2D eigenvalue weighted by molar-refractivity contribution is 0.0953. The van der Waals surface area contributed by atoms with E-state index in [0.29, 0.717) is 53.3 Å².